The molecule has 0 aliphatic carbocycles. The summed E-state index contributed by atoms with van der Waals surface area (Å²) >= 11 is 1.48. The molecule has 2 aromatic rings. The number of carbonyl (C=O) groups is 1. The minimum absolute atomic E-state index is 0.386. The molecular weight excluding hydrogens is 314 g/mol. The first kappa shape index (κ1) is 15.7. The first-order valence-electron chi connectivity index (χ1n) is 7.43. The SMILES string of the molecule is COc1cc(OC)c2c(c1)N(Cc1sccc1C(=O)O)CCC2. The molecule has 1 aromatic heterocycles. The van der Waals surface area contributed by atoms with E-state index in [0.717, 1.165) is 47.0 Å². The first-order valence-corrected chi connectivity index (χ1v) is 8.31. The molecule has 1 aliphatic rings. The van der Waals surface area contributed by atoms with Crippen molar-refractivity contribution in [3.63, 3.8) is 0 Å². The van der Waals surface area contributed by atoms with Crippen molar-refractivity contribution in [2.75, 3.05) is 25.7 Å². The maximum atomic E-state index is 11.3. The predicted molar refractivity (Wildman–Crippen MR) is 90.2 cm³/mol. The Morgan fingerprint density at radius 2 is 2.17 bits per heavy atom. The van der Waals surface area contributed by atoms with Gasteiger partial charge in [0.05, 0.1) is 26.3 Å². The monoisotopic (exact) mass is 333 g/mol. The maximum Gasteiger partial charge on any atom is 0.336 e. The molecule has 0 amide bonds. The number of thiophene rings is 1. The van der Waals surface area contributed by atoms with Crippen LogP contribution in [0.1, 0.15) is 27.2 Å². The lowest BCUT2D eigenvalue weighted by atomic mass is 10.00. The van der Waals surface area contributed by atoms with Gasteiger partial charge in [-0.2, -0.15) is 0 Å². The van der Waals surface area contributed by atoms with Crippen molar-refractivity contribution in [1.82, 2.24) is 0 Å². The Kier molecular flexibility index (Phi) is 4.43. The molecule has 1 N–H and O–H groups in total. The Balaban J connectivity index is 1.98. The molecule has 2 heterocycles. The van der Waals surface area contributed by atoms with Gasteiger partial charge in [-0.15, -0.1) is 11.3 Å². The number of methoxy groups -OCH3 is 2. The third-order valence-corrected chi connectivity index (χ3v) is 5.03. The normalized spacial score (nSPS) is 13.6. The van der Waals surface area contributed by atoms with Crippen molar-refractivity contribution in [1.29, 1.82) is 0 Å². The number of benzene rings is 1. The van der Waals surface area contributed by atoms with Gasteiger partial charge in [0.15, 0.2) is 0 Å². The standard InChI is InChI=1S/C17H19NO4S/c1-21-11-8-14-12(15(9-11)22-2)4-3-6-18(14)10-16-13(17(19)20)5-7-23-16/h5,7-9H,3-4,6,10H2,1-2H3,(H,19,20). The van der Waals surface area contributed by atoms with Crippen molar-refractivity contribution in [3.05, 3.63) is 39.6 Å². The van der Waals surface area contributed by atoms with Crippen molar-refractivity contribution < 1.29 is 19.4 Å². The molecule has 1 aliphatic heterocycles. The number of rotatable bonds is 5. The molecule has 0 radical (unpaired) electrons. The van der Waals surface area contributed by atoms with Gasteiger partial charge in [-0.25, -0.2) is 4.79 Å². The third-order valence-electron chi connectivity index (χ3n) is 4.12. The van der Waals surface area contributed by atoms with Crippen LogP contribution in [0.3, 0.4) is 0 Å². The van der Waals surface area contributed by atoms with Crippen LogP contribution in [0.25, 0.3) is 0 Å². The van der Waals surface area contributed by atoms with Gasteiger partial charge in [-0.05, 0) is 24.3 Å². The molecule has 0 atom stereocenters. The number of nitrogens with zero attached hydrogens (tertiary/aromatic N) is 1. The molecule has 0 saturated heterocycles. The number of carboxylic acid groups (broad SMARTS) is 1. The average Bonchev–Trinajstić information content (AvgIpc) is 3.02. The van der Waals surface area contributed by atoms with E-state index in [0.29, 0.717) is 12.1 Å². The lowest BCUT2D eigenvalue weighted by Gasteiger charge is -2.32. The highest BCUT2D eigenvalue weighted by atomic mass is 32.1. The van der Waals surface area contributed by atoms with Gasteiger partial charge in [-0.3, -0.25) is 0 Å². The lowest BCUT2D eigenvalue weighted by Crippen LogP contribution is -2.29. The molecule has 0 unspecified atom stereocenters. The van der Waals surface area contributed by atoms with Gasteiger partial charge in [0.2, 0.25) is 0 Å². The van der Waals surface area contributed by atoms with E-state index in [-0.39, 0.29) is 0 Å². The van der Waals surface area contributed by atoms with E-state index < -0.39 is 5.97 Å². The summed E-state index contributed by atoms with van der Waals surface area (Å²) < 4.78 is 10.9. The van der Waals surface area contributed by atoms with Gasteiger partial charge in [-0.1, -0.05) is 0 Å². The summed E-state index contributed by atoms with van der Waals surface area (Å²) in [5, 5.41) is 11.1. The minimum atomic E-state index is -0.873. The van der Waals surface area contributed by atoms with Crippen LogP contribution >= 0.6 is 11.3 Å². The second-order valence-corrected chi connectivity index (χ2v) is 6.42. The minimum Gasteiger partial charge on any atom is -0.497 e. The summed E-state index contributed by atoms with van der Waals surface area (Å²) in [5.74, 6) is 0.701. The average molecular weight is 333 g/mol. The Hall–Kier alpha value is -2.21. The number of ether oxygens (including phenoxy) is 2. The molecule has 3 rings (SSSR count). The third kappa shape index (κ3) is 2.99. The molecule has 122 valence electrons. The molecule has 0 spiro atoms. The number of carboxylic acids is 1. The fraction of sp³-hybridized carbons (Fsp3) is 0.353. The number of hydrogen-bond donors (Lipinski definition) is 1. The molecule has 6 heteroatoms. The van der Waals surface area contributed by atoms with E-state index in [1.165, 1.54) is 11.3 Å². The Labute approximate surface area is 139 Å². The summed E-state index contributed by atoms with van der Waals surface area (Å²) in [6.45, 7) is 1.48. The molecule has 23 heavy (non-hydrogen) atoms. The van der Waals surface area contributed by atoms with Crippen LogP contribution < -0.4 is 14.4 Å². The van der Waals surface area contributed by atoms with Gasteiger partial charge in [0.1, 0.15) is 11.5 Å². The summed E-state index contributed by atoms with van der Waals surface area (Å²) in [5.41, 5.74) is 2.61. The molecule has 0 fully saturated rings. The van der Waals surface area contributed by atoms with E-state index in [9.17, 15) is 9.90 Å². The van der Waals surface area contributed by atoms with E-state index in [1.54, 1.807) is 20.3 Å². The highest BCUT2D eigenvalue weighted by Crippen LogP contribution is 2.39. The lowest BCUT2D eigenvalue weighted by molar-refractivity contribution is 0.0696. The van der Waals surface area contributed by atoms with Gasteiger partial charge in [0.25, 0.3) is 0 Å². The van der Waals surface area contributed by atoms with Crippen LogP contribution in [-0.4, -0.2) is 31.8 Å². The fourth-order valence-electron chi connectivity index (χ4n) is 3.00. The van der Waals surface area contributed by atoms with E-state index in [1.807, 2.05) is 17.5 Å². The zero-order chi connectivity index (χ0) is 16.4. The Bertz CT molecular complexity index is 725. The van der Waals surface area contributed by atoms with Crippen LogP contribution in [0, 0.1) is 0 Å². The number of anilines is 1. The smallest absolute Gasteiger partial charge is 0.336 e. The van der Waals surface area contributed by atoms with Crippen LogP contribution in [0.4, 0.5) is 5.69 Å². The van der Waals surface area contributed by atoms with Crippen molar-refractivity contribution >= 4 is 23.0 Å². The largest absolute Gasteiger partial charge is 0.497 e. The Morgan fingerprint density at radius 3 is 2.87 bits per heavy atom. The van der Waals surface area contributed by atoms with E-state index in [2.05, 4.69) is 4.90 Å². The Morgan fingerprint density at radius 1 is 1.35 bits per heavy atom. The zero-order valence-electron chi connectivity index (χ0n) is 13.2. The van der Waals surface area contributed by atoms with Crippen molar-refractivity contribution in [2.24, 2.45) is 0 Å². The second kappa shape index (κ2) is 6.50. The van der Waals surface area contributed by atoms with Gasteiger partial charge < -0.3 is 19.5 Å². The molecule has 5 nitrogen and oxygen atoms in total. The summed E-state index contributed by atoms with van der Waals surface area (Å²) in [7, 11) is 3.30. The first-order chi connectivity index (χ1) is 11.1. The zero-order valence-corrected chi connectivity index (χ0v) is 14.0. The highest BCUT2D eigenvalue weighted by molar-refractivity contribution is 7.10. The topological polar surface area (TPSA) is 59.0 Å². The van der Waals surface area contributed by atoms with Crippen LogP contribution in [0.15, 0.2) is 23.6 Å². The molecule has 0 saturated carbocycles. The highest BCUT2D eigenvalue weighted by Gasteiger charge is 2.23. The summed E-state index contributed by atoms with van der Waals surface area (Å²) in [4.78, 5) is 14.4. The van der Waals surface area contributed by atoms with Crippen molar-refractivity contribution in [3.8, 4) is 11.5 Å². The van der Waals surface area contributed by atoms with Gasteiger partial charge >= 0.3 is 5.97 Å². The molecule has 0 bridgehead atoms. The maximum absolute atomic E-state index is 11.3. The second-order valence-electron chi connectivity index (χ2n) is 5.42. The van der Waals surface area contributed by atoms with Crippen LogP contribution in [0.2, 0.25) is 0 Å². The predicted octanol–water partition coefficient (Wildman–Crippen LogP) is 3.42. The molecule has 1 aromatic carbocycles. The summed E-state index contributed by atoms with van der Waals surface area (Å²) in [6, 6.07) is 5.57. The number of aromatic carboxylic acids is 1. The number of hydrogen-bond acceptors (Lipinski definition) is 5. The van der Waals surface area contributed by atoms with Crippen LogP contribution in [0.5, 0.6) is 11.5 Å². The van der Waals surface area contributed by atoms with Gasteiger partial charge in [0, 0.05) is 34.8 Å². The number of fused-ring (bicyclic) bond motifs is 1. The van der Waals surface area contributed by atoms with E-state index >= 15 is 0 Å². The summed E-state index contributed by atoms with van der Waals surface area (Å²) in [6.07, 6.45) is 1.97. The quantitative estimate of drug-likeness (QED) is 0.908. The van der Waals surface area contributed by atoms with E-state index in [4.69, 9.17) is 9.47 Å². The molecular formula is C17H19NO4S. The fourth-order valence-corrected chi connectivity index (χ4v) is 3.88. The van der Waals surface area contributed by atoms with Crippen molar-refractivity contribution in [2.45, 2.75) is 19.4 Å². The van der Waals surface area contributed by atoms with Crippen LogP contribution in [-0.2, 0) is 13.0 Å².